The average molecular weight is 314 g/mol. The lowest BCUT2D eigenvalue weighted by Gasteiger charge is -2.16. The van der Waals surface area contributed by atoms with Crippen LogP contribution >= 0.6 is 0 Å². The molecular formula is C14H23FN4O3. The van der Waals surface area contributed by atoms with Gasteiger partial charge in [0.05, 0.1) is 0 Å². The topological polar surface area (TPSA) is 102 Å². The summed E-state index contributed by atoms with van der Waals surface area (Å²) in [5, 5.41) is 13.1. The smallest absolute Gasteiger partial charge is 0.351 e. The van der Waals surface area contributed by atoms with Crippen LogP contribution in [0.25, 0.3) is 0 Å². The fraction of sp³-hybridized carbons (Fsp3) is 0.714. The van der Waals surface area contributed by atoms with E-state index in [1.54, 1.807) is 0 Å². The lowest BCUT2D eigenvalue weighted by atomic mass is 10.1. The van der Waals surface area contributed by atoms with Gasteiger partial charge in [0.25, 0.3) is 0 Å². The number of anilines is 1. The van der Waals surface area contributed by atoms with Gasteiger partial charge in [0, 0.05) is 12.7 Å². The Bertz CT molecular complexity index is 551. The van der Waals surface area contributed by atoms with E-state index in [-0.39, 0.29) is 5.82 Å². The summed E-state index contributed by atoms with van der Waals surface area (Å²) in [6.07, 6.45) is -2.58. The second-order valence-electron chi connectivity index (χ2n) is 5.93. The van der Waals surface area contributed by atoms with Crippen LogP contribution in [-0.4, -0.2) is 46.1 Å². The third-order valence-electron chi connectivity index (χ3n) is 3.66. The van der Waals surface area contributed by atoms with E-state index in [1.165, 1.54) is 12.3 Å². The second-order valence-corrected chi connectivity index (χ2v) is 5.93. The Kier molecular flexibility index (Phi) is 5.49. The highest BCUT2D eigenvalue weighted by Gasteiger charge is 2.45. The van der Waals surface area contributed by atoms with Gasteiger partial charge in [-0.25, -0.2) is 9.18 Å². The Morgan fingerprint density at radius 1 is 1.59 bits per heavy atom. The first-order valence-electron chi connectivity index (χ1n) is 7.43. The van der Waals surface area contributed by atoms with Crippen molar-refractivity contribution in [3.63, 3.8) is 0 Å². The zero-order valence-electron chi connectivity index (χ0n) is 12.8. The molecule has 8 heteroatoms. The summed E-state index contributed by atoms with van der Waals surface area (Å²) in [7, 11) is 0. The van der Waals surface area contributed by atoms with Crippen LogP contribution in [0.1, 0.15) is 26.5 Å². The van der Waals surface area contributed by atoms with Gasteiger partial charge < -0.3 is 20.9 Å². The van der Waals surface area contributed by atoms with E-state index in [2.05, 4.69) is 24.1 Å². The van der Waals surface area contributed by atoms with Gasteiger partial charge in [-0.3, -0.25) is 4.57 Å². The van der Waals surface area contributed by atoms with Gasteiger partial charge in [0.15, 0.2) is 12.4 Å². The van der Waals surface area contributed by atoms with E-state index < -0.39 is 30.3 Å². The van der Waals surface area contributed by atoms with Crippen molar-refractivity contribution in [1.82, 2.24) is 14.9 Å². The quantitative estimate of drug-likeness (QED) is 0.642. The minimum Gasteiger partial charge on any atom is -0.387 e. The number of nitrogens with one attached hydrogen (secondary N) is 1. The number of halogens is 1. The van der Waals surface area contributed by atoms with Crippen molar-refractivity contribution in [2.24, 2.45) is 5.92 Å². The summed E-state index contributed by atoms with van der Waals surface area (Å²) < 4.78 is 20.7. The number of aliphatic hydroxyl groups excluding tert-OH is 1. The number of nitrogens with zero attached hydrogens (tertiary/aromatic N) is 2. The van der Waals surface area contributed by atoms with Crippen LogP contribution in [0.2, 0.25) is 0 Å². The standard InChI is InChI=1S/C14H23FN4O3/c1-8(2)3-5-17-7-9-12(20)11(15)13(22-9)19-6-4-10(16)18-14(19)21/h4,6,8-9,11-13,17,20H,3,5,7H2,1-2H3,(H2,16,18,21)/t9-,11+,12-,13-/m1/s1. The predicted octanol–water partition coefficient (Wildman–Crippen LogP) is 0.0576. The van der Waals surface area contributed by atoms with E-state index in [0.717, 1.165) is 17.5 Å². The van der Waals surface area contributed by atoms with Crippen molar-refractivity contribution in [1.29, 1.82) is 0 Å². The van der Waals surface area contributed by atoms with Crippen molar-refractivity contribution < 1.29 is 14.2 Å². The first-order valence-corrected chi connectivity index (χ1v) is 7.43. The number of nitrogen functional groups attached to an aromatic ring is 1. The van der Waals surface area contributed by atoms with Crippen LogP contribution in [0.5, 0.6) is 0 Å². The van der Waals surface area contributed by atoms with Crippen LogP contribution in [0.15, 0.2) is 17.1 Å². The molecule has 0 aromatic carbocycles. The third kappa shape index (κ3) is 3.82. The highest BCUT2D eigenvalue weighted by atomic mass is 19.1. The number of hydrogen-bond donors (Lipinski definition) is 3. The van der Waals surface area contributed by atoms with Crippen molar-refractivity contribution in [2.75, 3.05) is 18.8 Å². The third-order valence-corrected chi connectivity index (χ3v) is 3.66. The molecule has 1 aromatic heterocycles. The molecule has 0 aliphatic carbocycles. The Labute approximate surface area is 128 Å². The molecule has 0 bridgehead atoms. The maximum Gasteiger partial charge on any atom is 0.351 e. The van der Waals surface area contributed by atoms with Gasteiger partial charge in [-0.15, -0.1) is 0 Å². The van der Waals surface area contributed by atoms with Gasteiger partial charge in [0.2, 0.25) is 0 Å². The first kappa shape index (κ1) is 16.9. The van der Waals surface area contributed by atoms with Crippen molar-refractivity contribution in [3.05, 3.63) is 22.7 Å². The predicted molar refractivity (Wildman–Crippen MR) is 80.0 cm³/mol. The van der Waals surface area contributed by atoms with Crippen LogP contribution < -0.4 is 16.7 Å². The molecule has 22 heavy (non-hydrogen) atoms. The zero-order valence-corrected chi connectivity index (χ0v) is 12.8. The molecule has 7 nitrogen and oxygen atoms in total. The molecule has 4 N–H and O–H groups in total. The number of ether oxygens (including phenoxy) is 1. The molecule has 1 saturated heterocycles. The number of nitrogens with two attached hydrogens (primary N) is 1. The van der Waals surface area contributed by atoms with Crippen LogP contribution in [-0.2, 0) is 4.74 Å². The molecule has 0 saturated carbocycles. The molecule has 0 radical (unpaired) electrons. The van der Waals surface area contributed by atoms with Gasteiger partial charge in [-0.1, -0.05) is 13.8 Å². The zero-order chi connectivity index (χ0) is 16.3. The summed E-state index contributed by atoms with van der Waals surface area (Å²) in [4.78, 5) is 15.3. The van der Waals surface area contributed by atoms with E-state index in [0.29, 0.717) is 12.5 Å². The van der Waals surface area contributed by atoms with Gasteiger partial charge in [-0.2, -0.15) is 4.98 Å². The molecule has 2 rings (SSSR count). The fourth-order valence-electron chi connectivity index (χ4n) is 2.35. The minimum atomic E-state index is -1.69. The van der Waals surface area contributed by atoms with E-state index in [4.69, 9.17) is 10.5 Å². The SMILES string of the molecule is CC(C)CCNC[C@H]1O[C@@H](n2ccc(N)nc2=O)[C@@H](F)[C@@H]1O. The van der Waals surface area contributed by atoms with Crippen molar-refractivity contribution in [3.8, 4) is 0 Å². The highest BCUT2D eigenvalue weighted by molar-refractivity contribution is 5.23. The highest BCUT2D eigenvalue weighted by Crippen LogP contribution is 2.30. The lowest BCUT2D eigenvalue weighted by Crippen LogP contribution is -2.37. The van der Waals surface area contributed by atoms with Crippen molar-refractivity contribution in [2.45, 2.75) is 44.9 Å². The number of aromatic nitrogens is 2. The molecule has 1 aliphatic rings. The van der Waals surface area contributed by atoms with E-state index >= 15 is 0 Å². The number of alkyl halides is 1. The largest absolute Gasteiger partial charge is 0.387 e. The Morgan fingerprint density at radius 2 is 2.32 bits per heavy atom. The Morgan fingerprint density at radius 3 is 2.95 bits per heavy atom. The number of aliphatic hydroxyl groups is 1. The maximum absolute atomic E-state index is 14.2. The molecule has 1 aliphatic heterocycles. The second kappa shape index (κ2) is 7.17. The van der Waals surface area contributed by atoms with Crippen LogP contribution in [0.3, 0.4) is 0 Å². The summed E-state index contributed by atoms with van der Waals surface area (Å²) in [5.74, 6) is 0.616. The molecule has 0 amide bonds. The molecule has 1 aromatic rings. The van der Waals surface area contributed by atoms with Crippen molar-refractivity contribution >= 4 is 5.82 Å². The molecule has 1 fully saturated rings. The molecular weight excluding hydrogens is 291 g/mol. The van der Waals surface area contributed by atoms with Crippen LogP contribution in [0, 0.1) is 5.92 Å². The first-order chi connectivity index (χ1) is 10.4. The normalized spacial score (nSPS) is 28.4. The molecule has 0 unspecified atom stereocenters. The van der Waals surface area contributed by atoms with Crippen LogP contribution in [0.4, 0.5) is 10.2 Å². The lowest BCUT2D eigenvalue weighted by molar-refractivity contribution is -0.0257. The average Bonchev–Trinajstić information content (AvgIpc) is 2.72. The maximum atomic E-state index is 14.2. The summed E-state index contributed by atoms with van der Waals surface area (Å²) in [6.45, 7) is 5.30. The van der Waals surface area contributed by atoms with E-state index in [1.807, 2.05) is 0 Å². The Hall–Kier alpha value is -1.51. The van der Waals surface area contributed by atoms with Gasteiger partial charge >= 0.3 is 5.69 Å². The fourth-order valence-corrected chi connectivity index (χ4v) is 2.35. The van der Waals surface area contributed by atoms with Gasteiger partial charge in [-0.05, 0) is 24.9 Å². The molecule has 2 heterocycles. The monoisotopic (exact) mass is 314 g/mol. The summed E-state index contributed by atoms with van der Waals surface area (Å²) in [5.41, 5.74) is 4.70. The number of hydrogen-bond acceptors (Lipinski definition) is 6. The minimum absolute atomic E-state index is 0.0575. The van der Waals surface area contributed by atoms with E-state index in [9.17, 15) is 14.3 Å². The molecule has 4 atom stereocenters. The number of rotatable bonds is 6. The summed E-state index contributed by atoms with van der Waals surface area (Å²) in [6, 6.07) is 1.39. The molecule has 124 valence electrons. The summed E-state index contributed by atoms with van der Waals surface area (Å²) >= 11 is 0. The van der Waals surface area contributed by atoms with Gasteiger partial charge in [0.1, 0.15) is 18.0 Å². The molecule has 0 spiro atoms. The Balaban J connectivity index is 1.99.